The number of unbranched alkanes of at least 4 members (excludes halogenated alkanes) is 1. The predicted octanol–water partition coefficient (Wildman–Crippen LogP) is -1.81. The van der Waals surface area contributed by atoms with Gasteiger partial charge in [0, 0.05) is 6.04 Å². The molecule has 0 aromatic carbocycles. The van der Waals surface area contributed by atoms with Gasteiger partial charge in [0.2, 0.25) is 0 Å². The molecule has 0 aromatic rings. The Balaban J connectivity index is 0. The van der Waals surface area contributed by atoms with Gasteiger partial charge in [0.25, 0.3) is 0 Å². The van der Waals surface area contributed by atoms with Crippen molar-refractivity contribution >= 4 is 5.97 Å². The van der Waals surface area contributed by atoms with Crippen LogP contribution in [-0.2, 0) is 21.9 Å². The summed E-state index contributed by atoms with van der Waals surface area (Å²) in [4.78, 5) is 10.0. The van der Waals surface area contributed by atoms with Crippen molar-refractivity contribution in [2.75, 3.05) is 6.54 Å². The molecule has 0 saturated carbocycles. The fourth-order valence-electron chi connectivity index (χ4n) is 0.626. The van der Waals surface area contributed by atoms with Crippen LogP contribution in [0.5, 0.6) is 0 Å². The molecule has 1 atom stereocenters. The van der Waals surface area contributed by atoms with E-state index in [0.29, 0.717) is 13.0 Å². The number of nitrogens with two attached hydrogens (primary N) is 2. The van der Waals surface area contributed by atoms with Gasteiger partial charge < -0.3 is 21.4 Å². The average Bonchev–Trinajstić information content (AvgIpc) is 1.88. The molecule has 0 saturated heterocycles. The third-order valence-corrected chi connectivity index (χ3v) is 1.27. The van der Waals surface area contributed by atoms with E-state index in [4.69, 9.17) is 11.5 Å². The van der Waals surface area contributed by atoms with E-state index in [0.717, 1.165) is 12.8 Å². The second kappa shape index (κ2) is 8.01. The van der Waals surface area contributed by atoms with E-state index in [-0.39, 0.29) is 17.1 Å². The zero-order chi connectivity index (χ0) is 7.98. The Morgan fingerprint density at radius 1 is 1.45 bits per heavy atom. The van der Waals surface area contributed by atoms with E-state index in [1.165, 1.54) is 0 Å². The Morgan fingerprint density at radius 2 is 2.00 bits per heavy atom. The minimum Gasteiger partial charge on any atom is -0.548 e. The number of rotatable bonds is 5. The Morgan fingerprint density at radius 3 is 2.36 bits per heavy atom. The molecule has 11 heavy (non-hydrogen) atoms. The van der Waals surface area contributed by atoms with Crippen molar-refractivity contribution in [1.82, 2.24) is 0 Å². The van der Waals surface area contributed by atoms with Gasteiger partial charge in [-0.1, -0.05) is 6.42 Å². The van der Waals surface area contributed by atoms with Crippen molar-refractivity contribution in [2.24, 2.45) is 11.5 Å². The van der Waals surface area contributed by atoms with Crippen LogP contribution in [0.25, 0.3) is 0 Å². The molecule has 0 aliphatic rings. The van der Waals surface area contributed by atoms with Crippen molar-refractivity contribution < 1.29 is 27.0 Å². The molecule has 0 unspecified atom stereocenters. The molecule has 0 aromatic heterocycles. The third-order valence-electron chi connectivity index (χ3n) is 1.27. The molecule has 0 spiro atoms. The van der Waals surface area contributed by atoms with Crippen molar-refractivity contribution in [3.05, 3.63) is 0 Å². The molecule has 1 radical (unpaired) electrons. The summed E-state index contributed by atoms with van der Waals surface area (Å²) in [6.07, 6.45) is 2.03. The first-order valence-corrected chi connectivity index (χ1v) is 3.35. The van der Waals surface area contributed by atoms with Crippen LogP contribution in [0.15, 0.2) is 0 Å². The first-order chi connectivity index (χ1) is 4.68. The van der Waals surface area contributed by atoms with Crippen LogP contribution in [0.1, 0.15) is 19.3 Å². The first kappa shape index (κ1) is 13.5. The standard InChI is InChI=1S/C6H14N2O2.Fe/c7-4-2-1-3-5(8)6(9)10;/h5H,1-4,7-8H2,(H,9,10);/q;+1/p-1/t5-;/m0./s1. The summed E-state index contributed by atoms with van der Waals surface area (Å²) in [6.45, 7) is 0.583. The van der Waals surface area contributed by atoms with Gasteiger partial charge in [-0.15, -0.1) is 0 Å². The molecule has 0 fully saturated rings. The first-order valence-electron chi connectivity index (χ1n) is 3.35. The van der Waals surface area contributed by atoms with E-state index in [9.17, 15) is 9.90 Å². The normalized spacial score (nSPS) is 11.8. The maximum atomic E-state index is 10.0. The Hall–Kier alpha value is -0.0905. The number of aliphatic carboxylic acids is 1. The summed E-state index contributed by atoms with van der Waals surface area (Å²) in [5.41, 5.74) is 10.3. The van der Waals surface area contributed by atoms with Crippen LogP contribution in [0.4, 0.5) is 0 Å². The van der Waals surface area contributed by atoms with Gasteiger partial charge in [-0.3, -0.25) is 0 Å². The zero-order valence-corrected chi connectivity index (χ0v) is 7.33. The number of hydrogen-bond donors (Lipinski definition) is 2. The quantitative estimate of drug-likeness (QED) is 0.405. The van der Waals surface area contributed by atoms with Crippen LogP contribution in [0, 0.1) is 0 Å². The summed E-state index contributed by atoms with van der Waals surface area (Å²) in [5, 5.41) is 10.0. The van der Waals surface area contributed by atoms with Gasteiger partial charge >= 0.3 is 17.1 Å². The zero-order valence-electron chi connectivity index (χ0n) is 6.23. The van der Waals surface area contributed by atoms with Gasteiger partial charge in [-0.05, 0) is 19.4 Å². The molecule has 0 rings (SSSR count). The van der Waals surface area contributed by atoms with Crippen LogP contribution >= 0.6 is 0 Å². The van der Waals surface area contributed by atoms with Gasteiger partial charge in [0.15, 0.2) is 0 Å². The van der Waals surface area contributed by atoms with Gasteiger partial charge in [-0.2, -0.15) is 0 Å². The molecular formula is C6H13FeN2O2. The largest absolute Gasteiger partial charge is 1.00 e. The molecular weight excluding hydrogens is 188 g/mol. The van der Waals surface area contributed by atoms with Crippen molar-refractivity contribution in [3.8, 4) is 0 Å². The van der Waals surface area contributed by atoms with E-state index < -0.39 is 12.0 Å². The number of hydrogen-bond acceptors (Lipinski definition) is 4. The average molecular weight is 201 g/mol. The molecule has 0 amide bonds. The fraction of sp³-hybridized carbons (Fsp3) is 0.833. The minimum atomic E-state index is -1.18. The van der Waals surface area contributed by atoms with Gasteiger partial charge in [-0.25, -0.2) is 0 Å². The topological polar surface area (TPSA) is 92.2 Å². The number of carbonyl (C=O) groups excluding carboxylic acids is 1. The Labute approximate surface area is 76.8 Å². The van der Waals surface area contributed by atoms with Crippen LogP contribution in [0.3, 0.4) is 0 Å². The van der Waals surface area contributed by atoms with Crippen LogP contribution < -0.4 is 16.6 Å². The second-order valence-corrected chi connectivity index (χ2v) is 2.21. The van der Waals surface area contributed by atoms with E-state index in [2.05, 4.69) is 0 Å². The number of carboxylic acid groups (broad SMARTS) is 1. The van der Waals surface area contributed by atoms with E-state index in [1.54, 1.807) is 0 Å². The molecule has 0 aliphatic carbocycles. The SMILES string of the molecule is NCCCC[C@H](N)C(=O)[O-].[Fe+]. The number of carboxylic acids is 1. The predicted molar refractivity (Wildman–Crippen MR) is 35.9 cm³/mol. The van der Waals surface area contributed by atoms with Crippen molar-refractivity contribution in [2.45, 2.75) is 25.3 Å². The summed E-state index contributed by atoms with van der Waals surface area (Å²) in [5.74, 6) is -1.18. The second-order valence-electron chi connectivity index (χ2n) is 2.21. The molecule has 0 bridgehead atoms. The summed E-state index contributed by atoms with van der Waals surface area (Å²) in [7, 11) is 0. The minimum absolute atomic E-state index is 0. The number of carbonyl (C=O) groups is 1. The van der Waals surface area contributed by atoms with Gasteiger partial charge in [0.05, 0.1) is 5.97 Å². The van der Waals surface area contributed by atoms with Crippen LogP contribution in [-0.4, -0.2) is 18.6 Å². The maximum absolute atomic E-state index is 10.0. The van der Waals surface area contributed by atoms with Gasteiger partial charge in [0.1, 0.15) is 0 Å². The summed E-state index contributed by atoms with van der Waals surface area (Å²) in [6, 6.07) is -0.827. The smallest absolute Gasteiger partial charge is 0.548 e. The molecule has 5 heteroatoms. The van der Waals surface area contributed by atoms with Crippen molar-refractivity contribution in [3.63, 3.8) is 0 Å². The maximum Gasteiger partial charge on any atom is 1.00 e. The van der Waals surface area contributed by atoms with Crippen LogP contribution in [0.2, 0.25) is 0 Å². The summed E-state index contributed by atoms with van der Waals surface area (Å²) >= 11 is 0. The third kappa shape index (κ3) is 7.81. The molecule has 67 valence electrons. The molecule has 4 nitrogen and oxygen atoms in total. The van der Waals surface area contributed by atoms with Crippen molar-refractivity contribution in [1.29, 1.82) is 0 Å². The fourth-order valence-corrected chi connectivity index (χ4v) is 0.626. The molecule has 4 N–H and O–H groups in total. The summed E-state index contributed by atoms with van der Waals surface area (Å²) < 4.78 is 0. The monoisotopic (exact) mass is 201 g/mol. The molecule has 0 heterocycles. The van der Waals surface area contributed by atoms with E-state index >= 15 is 0 Å². The Kier molecular flexibility index (Phi) is 9.83. The molecule has 0 aliphatic heterocycles. The Bertz CT molecular complexity index is 111. The van der Waals surface area contributed by atoms with E-state index in [1.807, 2.05) is 0 Å².